The molecule has 0 spiro atoms. The molecule has 0 saturated heterocycles. The fourth-order valence-electron chi connectivity index (χ4n) is 2.43. The van der Waals surface area contributed by atoms with Gasteiger partial charge in [-0.3, -0.25) is 0 Å². The lowest BCUT2D eigenvalue weighted by Gasteiger charge is -2.27. The zero-order valence-corrected chi connectivity index (χ0v) is 12.1. The van der Waals surface area contributed by atoms with Crippen LogP contribution in [0, 0.1) is 11.8 Å². The van der Waals surface area contributed by atoms with E-state index in [0.717, 1.165) is 13.1 Å². The van der Waals surface area contributed by atoms with E-state index in [0.29, 0.717) is 11.8 Å². The first kappa shape index (κ1) is 13.9. The number of hydrogen-bond acceptors (Lipinski definition) is 2. The summed E-state index contributed by atoms with van der Waals surface area (Å²) < 4.78 is 0. The predicted molar refractivity (Wildman–Crippen MR) is 84.6 cm³/mol. The number of fused-ring (bicyclic) bond motifs is 1. The zero-order valence-electron chi connectivity index (χ0n) is 12.1. The van der Waals surface area contributed by atoms with Gasteiger partial charge in [-0.15, -0.1) is 0 Å². The van der Waals surface area contributed by atoms with Gasteiger partial charge in [0.15, 0.2) is 0 Å². The van der Waals surface area contributed by atoms with Crippen LogP contribution in [0.5, 0.6) is 0 Å². The van der Waals surface area contributed by atoms with Crippen LogP contribution in [0.2, 0.25) is 0 Å². The molecule has 2 heteroatoms. The molecule has 0 aliphatic heterocycles. The molecule has 0 aliphatic carbocycles. The minimum Gasteiger partial charge on any atom is -0.374 e. The Morgan fingerprint density at radius 1 is 1.05 bits per heavy atom. The van der Waals surface area contributed by atoms with Crippen LogP contribution in [0.4, 0.5) is 5.69 Å². The Morgan fingerprint density at radius 2 is 1.74 bits per heavy atom. The molecule has 1 unspecified atom stereocenters. The molecule has 102 valence electrons. The number of anilines is 1. The van der Waals surface area contributed by atoms with Crippen LogP contribution >= 0.6 is 0 Å². The molecule has 0 fully saturated rings. The number of nitrogens with zero attached hydrogens (tertiary/aromatic N) is 1. The molecule has 0 saturated carbocycles. The van der Waals surface area contributed by atoms with Gasteiger partial charge in [0.1, 0.15) is 0 Å². The Balaban J connectivity index is 2.19. The third kappa shape index (κ3) is 3.27. The number of hydrogen-bond donors (Lipinski definition) is 1. The highest BCUT2D eigenvalue weighted by Crippen LogP contribution is 2.22. The van der Waals surface area contributed by atoms with Crippen LogP contribution in [0.3, 0.4) is 0 Å². The number of rotatable bonds is 5. The van der Waals surface area contributed by atoms with Crippen molar-refractivity contribution >= 4 is 16.5 Å². The van der Waals surface area contributed by atoms with Gasteiger partial charge < -0.3 is 10.6 Å². The van der Waals surface area contributed by atoms with Crippen molar-refractivity contribution in [1.29, 1.82) is 0 Å². The van der Waals surface area contributed by atoms with Crippen molar-refractivity contribution in [3.05, 3.63) is 42.5 Å². The molecule has 0 aromatic heterocycles. The molecule has 0 aliphatic rings. The molecular weight excluding hydrogens is 232 g/mol. The molecule has 2 aromatic carbocycles. The van der Waals surface area contributed by atoms with E-state index >= 15 is 0 Å². The third-order valence-corrected chi connectivity index (χ3v) is 3.93. The second-order valence-corrected chi connectivity index (χ2v) is 5.65. The summed E-state index contributed by atoms with van der Waals surface area (Å²) in [5.74, 6) is 1.16. The molecule has 2 aromatic rings. The minimum atomic E-state index is 0.538. The third-order valence-electron chi connectivity index (χ3n) is 3.93. The summed E-state index contributed by atoms with van der Waals surface area (Å²) in [4.78, 5) is 2.31. The first-order valence-electron chi connectivity index (χ1n) is 7.02. The van der Waals surface area contributed by atoms with E-state index in [1.54, 1.807) is 0 Å². The van der Waals surface area contributed by atoms with E-state index in [4.69, 9.17) is 5.73 Å². The van der Waals surface area contributed by atoms with Crippen LogP contribution < -0.4 is 10.6 Å². The monoisotopic (exact) mass is 256 g/mol. The van der Waals surface area contributed by atoms with Crippen molar-refractivity contribution < 1.29 is 0 Å². The Morgan fingerprint density at radius 3 is 2.37 bits per heavy atom. The normalized spacial score (nSPS) is 12.9. The SMILES string of the molecule is CC(C)C(CN)CN(C)c1ccc2ccccc2c1. The first-order valence-corrected chi connectivity index (χ1v) is 7.02. The fraction of sp³-hybridized carbons (Fsp3) is 0.412. The summed E-state index contributed by atoms with van der Waals surface area (Å²) in [7, 11) is 2.15. The van der Waals surface area contributed by atoms with Gasteiger partial charge in [-0.05, 0) is 41.3 Å². The second kappa shape index (κ2) is 6.07. The van der Waals surface area contributed by atoms with E-state index in [1.807, 2.05) is 0 Å². The van der Waals surface area contributed by atoms with Crippen LogP contribution in [0.15, 0.2) is 42.5 Å². The summed E-state index contributed by atoms with van der Waals surface area (Å²) in [6.45, 7) is 6.24. The molecule has 19 heavy (non-hydrogen) atoms. The Labute approximate surface area is 116 Å². The van der Waals surface area contributed by atoms with Gasteiger partial charge in [-0.2, -0.15) is 0 Å². The highest BCUT2D eigenvalue weighted by Gasteiger charge is 2.14. The highest BCUT2D eigenvalue weighted by molar-refractivity contribution is 5.85. The fourth-order valence-corrected chi connectivity index (χ4v) is 2.43. The van der Waals surface area contributed by atoms with Crippen LogP contribution in [-0.4, -0.2) is 20.1 Å². The van der Waals surface area contributed by atoms with Crippen molar-refractivity contribution in [3.63, 3.8) is 0 Å². The number of benzene rings is 2. The average molecular weight is 256 g/mol. The summed E-state index contributed by atoms with van der Waals surface area (Å²) in [6, 6.07) is 15.1. The smallest absolute Gasteiger partial charge is 0.0370 e. The van der Waals surface area contributed by atoms with Gasteiger partial charge in [0.2, 0.25) is 0 Å². The first-order chi connectivity index (χ1) is 9.11. The zero-order chi connectivity index (χ0) is 13.8. The van der Waals surface area contributed by atoms with Gasteiger partial charge >= 0.3 is 0 Å². The molecule has 2 nitrogen and oxygen atoms in total. The summed E-state index contributed by atoms with van der Waals surface area (Å²) in [5.41, 5.74) is 7.13. The maximum absolute atomic E-state index is 5.86. The minimum absolute atomic E-state index is 0.538. The lowest BCUT2D eigenvalue weighted by molar-refractivity contribution is 0.398. The van der Waals surface area contributed by atoms with E-state index < -0.39 is 0 Å². The lowest BCUT2D eigenvalue weighted by atomic mass is 9.95. The van der Waals surface area contributed by atoms with Gasteiger partial charge in [-0.25, -0.2) is 0 Å². The van der Waals surface area contributed by atoms with Crippen molar-refractivity contribution in [2.75, 3.05) is 25.0 Å². The standard InChI is InChI=1S/C17H24N2/c1-13(2)16(11-18)12-19(3)17-9-8-14-6-4-5-7-15(14)10-17/h4-10,13,16H,11-12,18H2,1-3H3. The van der Waals surface area contributed by atoms with E-state index in [-0.39, 0.29) is 0 Å². The second-order valence-electron chi connectivity index (χ2n) is 5.65. The van der Waals surface area contributed by atoms with Gasteiger partial charge in [0.05, 0.1) is 0 Å². The molecule has 0 bridgehead atoms. The summed E-state index contributed by atoms with van der Waals surface area (Å²) in [6.07, 6.45) is 0. The molecule has 1 atom stereocenters. The van der Waals surface area contributed by atoms with E-state index in [1.165, 1.54) is 16.5 Å². The van der Waals surface area contributed by atoms with Crippen LogP contribution in [0.1, 0.15) is 13.8 Å². The largest absolute Gasteiger partial charge is 0.374 e. The Kier molecular flexibility index (Phi) is 4.43. The molecule has 2 rings (SSSR count). The number of nitrogens with two attached hydrogens (primary N) is 1. The molecular formula is C17H24N2. The maximum Gasteiger partial charge on any atom is 0.0370 e. The molecule has 0 heterocycles. The van der Waals surface area contributed by atoms with Crippen molar-refractivity contribution in [2.45, 2.75) is 13.8 Å². The van der Waals surface area contributed by atoms with Gasteiger partial charge in [-0.1, -0.05) is 44.2 Å². The Hall–Kier alpha value is -1.54. The molecule has 0 amide bonds. The quantitative estimate of drug-likeness (QED) is 0.887. The van der Waals surface area contributed by atoms with E-state index in [2.05, 4.69) is 68.3 Å². The topological polar surface area (TPSA) is 29.3 Å². The van der Waals surface area contributed by atoms with Crippen LogP contribution in [0.25, 0.3) is 10.8 Å². The molecule has 0 radical (unpaired) electrons. The van der Waals surface area contributed by atoms with Crippen molar-refractivity contribution in [3.8, 4) is 0 Å². The highest BCUT2D eigenvalue weighted by atomic mass is 15.1. The summed E-state index contributed by atoms with van der Waals surface area (Å²) in [5, 5.41) is 2.58. The average Bonchev–Trinajstić information content (AvgIpc) is 2.43. The summed E-state index contributed by atoms with van der Waals surface area (Å²) >= 11 is 0. The van der Waals surface area contributed by atoms with Crippen LogP contribution in [-0.2, 0) is 0 Å². The maximum atomic E-state index is 5.86. The van der Waals surface area contributed by atoms with Crippen molar-refractivity contribution in [1.82, 2.24) is 0 Å². The predicted octanol–water partition coefficient (Wildman–Crippen LogP) is 3.51. The molecule has 2 N–H and O–H groups in total. The Bertz CT molecular complexity index is 534. The van der Waals surface area contributed by atoms with Crippen molar-refractivity contribution in [2.24, 2.45) is 17.6 Å². The van der Waals surface area contributed by atoms with Gasteiger partial charge in [0.25, 0.3) is 0 Å². The van der Waals surface area contributed by atoms with Gasteiger partial charge in [0, 0.05) is 19.3 Å². The van der Waals surface area contributed by atoms with E-state index in [9.17, 15) is 0 Å². The lowest BCUT2D eigenvalue weighted by Crippen LogP contribution is -2.33.